The van der Waals surface area contributed by atoms with Gasteiger partial charge < -0.3 is 14.9 Å². The first-order chi connectivity index (χ1) is 11.6. The molecule has 0 radical (unpaired) electrons. The van der Waals surface area contributed by atoms with Gasteiger partial charge in [-0.2, -0.15) is 0 Å². The Hall–Kier alpha value is -2.04. The van der Waals surface area contributed by atoms with Crippen LogP contribution in [0.1, 0.15) is 48.9 Å². The summed E-state index contributed by atoms with van der Waals surface area (Å²) in [5, 5.41) is 9.50. The van der Waals surface area contributed by atoms with Gasteiger partial charge in [0.2, 0.25) is 5.91 Å². The molecule has 0 atom stereocenters. The van der Waals surface area contributed by atoms with E-state index in [0.29, 0.717) is 38.2 Å². The zero-order chi connectivity index (χ0) is 16.9. The molecular weight excluding hydrogens is 304 g/mol. The van der Waals surface area contributed by atoms with Crippen LogP contribution < -0.4 is 0 Å². The third-order valence-corrected chi connectivity index (χ3v) is 5.25. The number of benzene rings is 1. The molecule has 2 fully saturated rings. The number of rotatable bonds is 4. The van der Waals surface area contributed by atoms with Crippen molar-refractivity contribution in [3.05, 3.63) is 29.8 Å². The van der Waals surface area contributed by atoms with E-state index in [4.69, 9.17) is 0 Å². The van der Waals surface area contributed by atoms with E-state index in [-0.39, 0.29) is 17.6 Å². The molecule has 1 aromatic carbocycles. The minimum atomic E-state index is -0.0797. The molecule has 2 amide bonds. The fourth-order valence-corrected chi connectivity index (χ4v) is 3.77. The van der Waals surface area contributed by atoms with Crippen LogP contribution in [0.25, 0.3) is 0 Å². The van der Waals surface area contributed by atoms with Crippen LogP contribution in [0.3, 0.4) is 0 Å². The summed E-state index contributed by atoms with van der Waals surface area (Å²) >= 11 is 0. The molecule has 1 aliphatic heterocycles. The Balaban J connectivity index is 1.46. The summed E-state index contributed by atoms with van der Waals surface area (Å²) < 4.78 is 0. The summed E-state index contributed by atoms with van der Waals surface area (Å²) in [7, 11) is 0. The Morgan fingerprint density at radius 3 is 2.38 bits per heavy atom. The number of hydrogen-bond acceptors (Lipinski definition) is 3. The van der Waals surface area contributed by atoms with Crippen LogP contribution in [-0.2, 0) is 4.79 Å². The van der Waals surface area contributed by atoms with Crippen LogP contribution in [0.5, 0.6) is 5.75 Å². The summed E-state index contributed by atoms with van der Waals surface area (Å²) in [6.45, 7) is 2.33. The predicted octanol–water partition coefficient (Wildman–Crippen LogP) is 2.65. The third-order valence-electron chi connectivity index (χ3n) is 5.25. The minimum Gasteiger partial charge on any atom is -0.508 e. The molecular formula is C19H26N2O3. The van der Waals surface area contributed by atoms with Crippen molar-refractivity contribution < 1.29 is 14.7 Å². The van der Waals surface area contributed by atoms with E-state index < -0.39 is 0 Å². The molecule has 1 N–H and O–H groups in total. The monoisotopic (exact) mass is 330 g/mol. The Bertz CT molecular complexity index is 588. The number of carbonyl (C=O) groups is 2. The van der Waals surface area contributed by atoms with Crippen molar-refractivity contribution in [3.8, 4) is 5.75 Å². The van der Waals surface area contributed by atoms with Gasteiger partial charge in [0, 0.05) is 38.2 Å². The smallest absolute Gasteiger partial charge is 0.254 e. The van der Waals surface area contributed by atoms with Crippen LogP contribution in [0.2, 0.25) is 0 Å². The number of phenolic OH excluding ortho intramolecular Hbond substituents is 1. The van der Waals surface area contributed by atoms with Crippen molar-refractivity contribution in [1.82, 2.24) is 9.80 Å². The summed E-state index contributed by atoms with van der Waals surface area (Å²) in [6, 6.07) is 6.42. The molecule has 1 aliphatic carbocycles. The molecule has 0 bridgehead atoms. The van der Waals surface area contributed by atoms with Gasteiger partial charge in [0.1, 0.15) is 5.75 Å². The molecule has 24 heavy (non-hydrogen) atoms. The maximum absolute atomic E-state index is 12.4. The van der Waals surface area contributed by atoms with E-state index in [9.17, 15) is 14.7 Å². The third kappa shape index (κ3) is 4.08. The number of piperazine rings is 1. The standard InChI is InChI=1S/C19H26N2O3/c22-17-7-3-6-16(14-17)19(24)21-12-10-20(11-13-21)18(23)9-8-15-4-1-2-5-15/h3,6-7,14-15,22H,1-2,4-5,8-13H2. The van der Waals surface area contributed by atoms with Gasteiger partial charge in [0.15, 0.2) is 0 Å². The fraction of sp³-hybridized carbons (Fsp3) is 0.579. The topological polar surface area (TPSA) is 60.9 Å². The van der Waals surface area contributed by atoms with E-state index in [1.54, 1.807) is 23.1 Å². The zero-order valence-electron chi connectivity index (χ0n) is 14.1. The van der Waals surface area contributed by atoms with Gasteiger partial charge in [-0.1, -0.05) is 31.7 Å². The van der Waals surface area contributed by atoms with E-state index >= 15 is 0 Å². The van der Waals surface area contributed by atoms with E-state index in [2.05, 4.69) is 0 Å². The highest BCUT2D eigenvalue weighted by atomic mass is 16.3. The number of carbonyl (C=O) groups excluding carboxylic acids is 2. The Labute approximate surface area is 143 Å². The summed E-state index contributed by atoms with van der Waals surface area (Å²) in [6.07, 6.45) is 6.84. The van der Waals surface area contributed by atoms with Crippen molar-refractivity contribution in [2.24, 2.45) is 5.92 Å². The second-order valence-corrected chi connectivity index (χ2v) is 6.91. The lowest BCUT2D eigenvalue weighted by Crippen LogP contribution is -2.50. The summed E-state index contributed by atoms with van der Waals surface area (Å²) in [4.78, 5) is 28.4. The molecule has 2 aliphatic rings. The molecule has 1 aromatic rings. The first kappa shape index (κ1) is 16.8. The molecule has 0 unspecified atom stereocenters. The van der Waals surface area contributed by atoms with E-state index in [1.165, 1.54) is 31.7 Å². The highest BCUT2D eigenvalue weighted by molar-refractivity contribution is 5.94. The number of amides is 2. The van der Waals surface area contributed by atoms with Gasteiger partial charge in [-0.25, -0.2) is 0 Å². The van der Waals surface area contributed by atoms with Gasteiger partial charge in [-0.05, 0) is 30.5 Å². The Morgan fingerprint density at radius 2 is 1.71 bits per heavy atom. The molecule has 0 spiro atoms. The predicted molar refractivity (Wildman–Crippen MR) is 91.8 cm³/mol. The van der Waals surface area contributed by atoms with Gasteiger partial charge in [0.25, 0.3) is 5.91 Å². The van der Waals surface area contributed by atoms with Crippen LogP contribution in [0, 0.1) is 5.92 Å². The zero-order valence-corrected chi connectivity index (χ0v) is 14.1. The number of phenols is 1. The van der Waals surface area contributed by atoms with Crippen LogP contribution >= 0.6 is 0 Å². The number of nitrogens with zero attached hydrogens (tertiary/aromatic N) is 2. The molecule has 130 valence electrons. The lowest BCUT2D eigenvalue weighted by Gasteiger charge is -2.35. The summed E-state index contributed by atoms with van der Waals surface area (Å²) in [5.41, 5.74) is 0.496. The fourth-order valence-electron chi connectivity index (χ4n) is 3.77. The maximum Gasteiger partial charge on any atom is 0.254 e. The molecule has 0 aromatic heterocycles. The minimum absolute atomic E-state index is 0.0797. The van der Waals surface area contributed by atoms with Crippen molar-refractivity contribution >= 4 is 11.8 Å². The number of hydrogen-bond donors (Lipinski definition) is 1. The van der Waals surface area contributed by atoms with Crippen LogP contribution in [0.15, 0.2) is 24.3 Å². The van der Waals surface area contributed by atoms with Gasteiger partial charge in [0.05, 0.1) is 0 Å². The first-order valence-electron chi connectivity index (χ1n) is 8.99. The highest BCUT2D eigenvalue weighted by Crippen LogP contribution is 2.28. The van der Waals surface area contributed by atoms with Crippen molar-refractivity contribution in [2.75, 3.05) is 26.2 Å². The molecule has 3 rings (SSSR count). The van der Waals surface area contributed by atoms with E-state index in [0.717, 1.165) is 12.3 Å². The molecule has 5 nitrogen and oxygen atoms in total. The van der Waals surface area contributed by atoms with Crippen molar-refractivity contribution in [3.63, 3.8) is 0 Å². The first-order valence-corrected chi connectivity index (χ1v) is 8.99. The maximum atomic E-state index is 12.4. The lowest BCUT2D eigenvalue weighted by atomic mass is 10.0. The van der Waals surface area contributed by atoms with Gasteiger partial charge in [-0.15, -0.1) is 0 Å². The Morgan fingerprint density at radius 1 is 1.04 bits per heavy atom. The van der Waals surface area contributed by atoms with Gasteiger partial charge in [-0.3, -0.25) is 9.59 Å². The van der Waals surface area contributed by atoms with Gasteiger partial charge >= 0.3 is 0 Å². The quantitative estimate of drug-likeness (QED) is 0.923. The van der Waals surface area contributed by atoms with Crippen molar-refractivity contribution in [1.29, 1.82) is 0 Å². The largest absolute Gasteiger partial charge is 0.508 e. The lowest BCUT2D eigenvalue weighted by molar-refractivity contribution is -0.133. The average molecular weight is 330 g/mol. The molecule has 1 saturated heterocycles. The van der Waals surface area contributed by atoms with E-state index in [1.807, 2.05) is 4.90 Å². The SMILES string of the molecule is O=C(CCC1CCCC1)N1CCN(C(=O)c2cccc(O)c2)CC1. The second-order valence-electron chi connectivity index (χ2n) is 6.91. The molecule has 1 heterocycles. The normalized spacial score (nSPS) is 18.8. The van der Waals surface area contributed by atoms with Crippen LogP contribution in [-0.4, -0.2) is 52.9 Å². The second kappa shape index (κ2) is 7.69. The number of aromatic hydroxyl groups is 1. The summed E-state index contributed by atoms with van der Waals surface area (Å²) in [5.74, 6) is 0.986. The highest BCUT2D eigenvalue weighted by Gasteiger charge is 2.25. The molecule has 5 heteroatoms. The average Bonchev–Trinajstić information content (AvgIpc) is 3.13. The molecule has 1 saturated carbocycles. The Kier molecular flexibility index (Phi) is 5.38. The van der Waals surface area contributed by atoms with Crippen LogP contribution in [0.4, 0.5) is 0 Å². The van der Waals surface area contributed by atoms with Crippen molar-refractivity contribution in [2.45, 2.75) is 38.5 Å².